The number of halogens is 4. The van der Waals surface area contributed by atoms with Crippen LogP contribution in [-0.2, 0) is 16.1 Å². The summed E-state index contributed by atoms with van der Waals surface area (Å²) < 4.78 is 37.5. The number of carbonyl (C=O) groups excluding carboxylic acids is 2. The highest BCUT2D eigenvalue weighted by Gasteiger charge is 2.29. The molecule has 1 aromatic heterocycles. The fraction of sp³-hybridized carbons (Fsp3) is 0.345. The van der Waals surface area contributed by atoms with Crippen LogP contribution in [0.5, 0.6) is 5.75 Å². The molecule has 2 aromatic carbocycles. The predicted molar refractivity (Wildman–Crippen MR) is 154 cm³/mol. The summed E-state index contributed by atoms with van der Waals surface area (Å²) in [6, 6.07) is 11.2. The van der Waals surface area contributed by atoms with Gasteiger partial charge in [-0.25, -0.2) is 4.79 Å². The molecule has 0 aliphatic carbocycles. The number of anilines is 1. The second-order valence-corrected chi connectivity index (χ2v) is 11.4. The van der Waals surface area contributed by atoms with Gasteiger partial charge in [-0.05, 0) is 45.4 Å². The Kier molecular flexibility index (Phi) is 9.24. The van der Waals surface area contributed by atoms with Crippen molar-refractivity contribution in [3.05, 3.63) is 64.3 Å². The van der Waals surface area contributed by atoms with Crippen LogP contribution in [0.25, 0.3) is 22.4 Å². The number of nitrogen functional groups attached to an aromatic ring is 1. The summed E-state index contributed by atoms with van der Waals surface area (Å²) in [5.74, 6) is -0.275. The lowest BCUT2D eigenvalue weighted by Gasteiger charge is -2.29. The molecule has 0 spiro atoms. The number of nitrogens with one attached hydrogen (secondary N) is 1. The Hall–Kier alpha value is -3.63. The van der Waals surface area contributed by atoms with E-state index in [0.29, 0.717) is 51.5 Å². The number of pyridine rings is 1. The zero-order chi connectivity index (χ0) is 29.9. The Morgan fingerprint density at radius 2 is 1.90 bits per heavy atom. The lowest BCUT2D eigenvalue weighted by molar-refractivity contribution is -0.119. The summed E-state index contributed by atoms with van der Waals surface area (Å²) in [4.78, 5) is 30.5. The maximum Gasteiger partial charge on any atom is 0.410 e. The van der Waals surface area contributed by atoms with Crippen LogP contribution in [-0.4, -0.2) is 46.7 Å². The van der Waals surface area contributed by atoms with Crippen molar-refractivity contribution in [2.75, 3.05) is 12.3 Å². The zero-order valence-corrected chi connectivity index (χ0v) is 24.2. The van der Waals surface area contributed by atoms with Crippen LogP contribution in [0, 0.1) is 0 Å². The van der Waals surface area contributed by atoms with E-state index < -0.39 is 18.3 Å². The van der Waals surface area contributed by atoms with E-state index in [1.54, 1.807) is 57.2 Å². The average Bonchev–Trinajstić information content (AvgIpc) is 3.30. The lowest BCUT2D eigenvalue weighted by atomic mass is 10.0. The van der Waals surface area contributed by atoms with Crippen molar-refractivity contribution in [3.8, 4) is 28.1 Å². The molecule has 12 heteroatoms. The van der Waals surface area contributed by atoms with E-state index in [1.807, 2.05) is 0 Å². The molecule has 0 saturated carbocycles. The number of ether oxygens (including phenoxy) is 2. The van der Waals surface area contributed by atoms with Gasteiger partial charge in [-0.15, -0.1) is 0 Å². The molecule has 41 heavy (non-hydrogen) atoms. The first-order valence-electron chi connectivity index (χ1n) is 12.9. The van der Waals surface area contributed by atoms with Gasteiger partial charge in [-0.1, -0.05) is 47.5 Å². The first kappa shape index (κ1) is 30.3. The molecule has 1 fully saturated rings. The zero-order valence-electron chi connectivity index (χ0n) is 22.7. The first-order valence-corrected chi connectivity index (χ1v) is 13.6. The van der Waals surface area contributed by atoms with E-state index in [9.17, 15) is 18.4 Å². The van der Waals surface area contributed by atoms with Crippen molar-refractivity contribution in [1.82, 2.24) is 15.2 Å². The van der Waals surface area contributed by atoms with Gasteiger partial charge in [-0.3, -0.25) is 9.78 Å². The summed E-state index contributed by atoms with van der Waals surface area (Å²) >= 11 is 13.2. The van der Waals surface area contributed by atoms with E-state index in [0.717, 1.165) is 0 Å². The molecule has 3 aromatic rings. The molecule has 2 amide bonds. The number of amides is 2. The Morgan fingerprint density at radius 1 is 1.17 bits per heavy atom. The quantitative estimate of drug-likeness (QED) is 0.269. The number of nitrogens with two attached hydrogens (primary N) is 1. The third-order valence-electron chi connectivity index (χ3n) is 6.30. The van der Waals surface area contributed by atoms with Gasteiger partial charge in [0.2, 0.25) is 5.91 Å². The van der Waals surface area contributed by atoms with E-state index in [-0.39, 0.29) is 35.8 Å². The average molecular weight is 607 g/mol. The molecule has 1 aliphatic rings. The van der Waals surface area contributed by atoms with Gasteiger partial charge in [0.25, 0.3) is 0 Å². The summed E-state index contributed by atoms with van der Waals surface area (Å²) in [6.45, 7) is 2.07. The molecule has 3 N–H and O–H groups in total. The predicted octanol–water partition coefficient (Wildman–Crippen LogP) is 6.92. The molecule has 0 bridgehead atoms. The highest BCUT2D eigenvalue weighted by atomic mass is 35.5. The SMILES string of the molecule is CC(C)(C)OC(=O)N(Cc1ccc(-c2nccc(-c3cccc(N)c3Cl)c2Cl)cc1OC(F)F)C[C@@H]1CCC(=O)N1. The number of aromatic nitrogens is 1. The molecule has 4 rings (SSSR count). The van der Waals surface area contributed by atoms with Crippen LogP contribution in [0.3, 0.4) is 0 Å². The van der Waals surface area contributed by atoms with E-state index in [1.165, 1.54) is 17.2 Å². The highest BCUT2D eigenvalue weighted by molar-refractivity contribution is 6.39. The maximum absolute atomic E-state index is 13.5. The number of benzene rings is 2. The van der Waals surface area contributed by atoms with Gasteiger partial charge in [0.05, 0.1) is 28.0 Å². The molecule has 218 valence electrons. The smallest absolute Gasteiger partial charge is 0.410 e. The molecule has 1 saturated heterocycles. The summed E-state index contributed by atoms with van der Waals surface area (Å²) in [5.41, 5.74) is 7.71. The standard InChI is InChI=1S/C29H30Cl2F2N4O4/c1-29(2,3)41-28(39)37(15-18-9-10-23(38)36-18)14-17-8-7-16(13-22(17)40-27(32)33)26-25(31)20(11-12-35-26)19-5-4-6-21(34)24(19)30/h4-8,11-13,18,27H,9-10,14-15,34H2,1-3H3,(H,36,38)/t18-/m0/s1. The van der Waals surface area contributed by atoms with Gasteiger partial charge in [0.1, 0.15) is 11.4 Å². The Bertz CT molecular complexity index is 1450. The van der Waals surface area contributed by atoms with Crippen molar-refractivity contribution in [2.24, 2.45) is 0 Å². The minimum Gasteiger partial charge on any atom is -0.444 e. The van der Waals surface area contributed by atoms with Gasteiger partial charge in [0, 0.05) is 47.5 Å². The number of alkyl halides is 2. The van der Waals surface area contributed by atoms with Crippen LogP contribution >= 0.6 is 23.2 Å². The highest BCUT2D eigenvalue weighted by Crippen LogP contribution is 2.40. The maximum atomic E-state index is 13.5. The van der Waals surface area contributed by atoms with E-state index >= 15 is 0 Å². The first-order chi connectivity index (χ1) is 19.3. The summed E-state index contributed by atoms with van der Waals surface area (Å²) in [7, 11) is 0. The van der Waals surface area contributed by atoms with Crippen LogP contribution in [0.1, 0.15) is 39.2 Å². The van der Waals surface area contributed by atoms with Gasteiger partial charge in [0.15, 0.2) is 0 Å². The third-order valence-corrected chi connectivity index (χ3v) is 7.11. The molecule has 1 atom stereocenters. The summed E-state index contributed by atoms with van der Waals surface area (Å²) in [6.07, 6.45) is 1.75. The van der Waals surface area contributed by atoms with Crippen molar-refractivity contribution >= 4 is 40.9 Å². The number of nitrogens with zero attached hydrogens (tertiary/aromatic N) is 2. The fourth-order valence-corrected chi connectivity index (χ4v) is 5.02. The van der Waals surface area contributed by atoms with Gasteiger partial charge in [-0.2, -0.15) is 8.78 Å². The van der Waals surface area contributed by atoms with Crippen LogP contribution in [0.15, 0.2) is 48.7 Å². The Morgan fingerprint density at radius 3 is 2.56 bits per heavy atom. The molecule has 0 radical (unpaired) electrons. The van der Waals surface area contributed by atoms with E-state index in [4.69, 9.17) is 38.4 Å². The minimum atomic E-state index is -3.13. The number of rotatable bonds is 8. The van der Waals surface area contributed by atoms with Gasteiger partial charge < -0.3 is 25.4 Å². The fourth-order valence-electron chi connectivity index (χ4n) is 4.47. The molecular formula is C29H30Cl2F2N4O4. The number of carbonyl (C=O) groups is 2. The van der Waals surface area contributed by atoms with Crippen molar-refractivity contribution in [3.63, 3.8) is 0 Å². The summed E-state index contributed by atoms with van der Waals surface area (Å²) in [5, 5.41) is 3.38. The topological polar surface area (TPSA) is 107 Å². The number of hydrogen-bond acceptors (Lipinski definition) is 6. The van der Waals surface area contributed by atoms with Crippen LogP contribution < -0.4 is 15.8 Å². The lowest BCUT2D eigenvalue weighted by Crippen LogP contribution is -2.43. The van der Waals surface area contributed by atoms with E-state index in [2.05, 4.69) is 10.3 Å². The molecule has 2 heterocycles. The van der Waals surface area contributed by atoms with Crippen molar-refractivity contribution < 1.29 is 27.8 Å². The molecule has 0 unspecified atom stereocenters. The molecule has 8 nitrogen and oxygen atoms in total. The number of hydrogen-bond donors (Lipinski definition) is 2. The molecule has 1 aliphatic heterocycles. The third kappa shape index (κ3) is 7.56. The molecular weight excluding hydrogens is 577 g/mol. The second kappa shape index (κ2) is 12.5. The monoisotopic (exact) mass is 606 g/mol. The Balaban J connectivity index is 1.70. The Labute approximate surface area is 246 Å². The van der Waals surface area contributed by atoms with Crippen LogP contribution in [0.4, 0.5) is 19.3 Å². The van der Waals surface area contributed by atoms with Crippen molar-refractivity contribution in [2.45, 2.75) is 58.4 Å². The minimum absolute atomic E-state index is 0.107. The second-order valence-electron chi connectivity index (χ2n) is 10.6. The van der Waals surface area contributed by atoms with Gasteiger partial charge >= 0.3 is 12.7 Å². The van der Waals surface area contributed by atoms with Crippen molar-refractivity contribution in [1.29, 1.82) is 0 Å². The normalized spacial score (nSPS) is 15.1. The largest absolute Gasteiger partial charge is 0.444 e. The van der Waals surface area contributed by atoms with Crippen LogP contribution in [0.2, 0.25) is 10.0 Å².